The summed E-state index contributed by atoms with van der Waals surface area (Å²) in [5, 5.41) is 2.31. The first kappa shape index (κ1) is 16.1. The molecule has 0 fully saturated rings. The third-order valence-corrected chi connectivity index (χ3v) is 4.58. The molecule has 0 saturated carbocycles. The van der Waals surface area contributed by atoms with E-state index in [4.69, 9.17) is 11.6 Å². The van der Waals surface area contributed by atoms with E-state index in [-0.39, 0.29) is 16.7 Å². The Kier molecular flexibility index (Phi) is 6.45. The van der Waals surface area contributed by atoms with Crippen LogP contribution in [0.15, 0.2) is 18.2 Å². The normalized spacial score (nSPS) is 13.9. The molecule has 1 rings (SSSR count). The van der Waals surface area contributed by atoms with Gasteiger partial charge in [-0.25, -0.2) is 4.39 Å². The topological polar surface area (TPSA) is 46.2 Å². The average molecular weight is 306 g/mol. The highest BCUT2D eigenvalue weighted by molar-refractivity contribution is 7.85. The second-order valence-electron chi connectivity index (χ2n) is 4.19. The van der Waals surface area contributed by atoms with Crippen LogP contribution in [0.5, 0.6) is 0 Å². The number of carbonyl (C=O) groups excluding carboxylic acids is 1. The molecule has 0 heterocycles. The second kappa shape index (κ2) is 7.60. The van der Waals surface area contributed by atoms with Gasteiger partial charge in [0, 0.05) is 22.4 Å². The molecule has 1 aromatic rings. The highest BCUT2D eigenvalue weighted by Gasteiger charge is 2.20. The van der Waals surface area contributed by atoms with Crippen molar-refractivity contribution in [2.45, 2.75) is 31.3 Å². The zero-order chi connectivity index (χ0) is 14.4. The molecule has 0 bridgehead atoms. The zero-order valence-electron chi connectivity index (χ0n) is 10.9. The van der Waals surface area contributed by atoms with Crippen LogP contribution < -0.4 is 5.32 Å². The summed E-state index contributed by atoms with van der Waals surface area (Å²) in [5.74, 6) is -0.536. The van der Waals surface area contributed by atoms with Crippen molar-refractivity contribution in [3.8, 4) is 0 Å². The Labute approximate surface area is 120 Å². The predicted molar refractivity (Wildman–Crippen MR) is 76.0 cm³/mol. The van der Waals surface area contributed by atoms with Gasteiger partial charge in [0.15, 0.2) is 0 Å². The minimum absolute atomic E-state index is 0.139. The lowest BCUT2D eigenvalue weighted by Crippen LogP contribution is -2.36. The Morgan fingerprint density at radius 1 is 1.53 bits per heavy atom. The molecule has 0 unspecified atom stereocenters. The molecule has 1 N–H and O–H groups in total. The van der Waals surface area contributed by atoms with Gasteiger partial charge in [-0.3, -0.25) is 9.00 Å². The van der Waals surface area contributed by atoms with Gasteiger partial charge in [0.2, 0.25) is 5.91 Å². The summed E-state index contributed by atoms with van der Waals surface area (Å²) in [4.78, 5) is 11.7. The lowest BCUT2D eigenvalue weighted by atomic mass is 10.2. The standard InChI is InChI=1S/C13H17ClFNO2S/c1-3-6-16-13(17)9(2)19(18)8-10-4-5-11(15)7-12(10)14/h4-5,7,9H,3,6,8H2,1-2H3,(H,16,17)/t9-,19-/m0/s1. The molecule has 19 heavy (non-hydrogen) atoms. The molecule has 3 nitrogen and oxygen atoms in total. The first-order valence-electron chi connectivity index (χ1n) is 6.04. The summed E-state index contributed by atoms with van der Waals surface area (Å²) in [6.07, 6.45) is 0.828. The van der Waals surface area contributed by atoms with Gasteiger partial charge < -0.3 is 5.32 Å². The van der Waals surface area contributed by atoms with Crippen LogP contribution >= 0.6 is 11.6 Å². The van der Waals surface area contributed by atoms with E-state index < -0.39 is 21.9 Å². The molecule has 1 amide bonds. The molecule has 0 aliphatic rings. The Morgan fingerprint density at radius 2 is 2.21 bits per heavy atom. The van der Waals surface area contributed by atoms with Crippen LogP contribution in [0, 0.1) is 5.82 Å². The summed E-state index contributed by atoms with van der Waals surface area (Å²) in [6, 6.07) is 3.93. The zero-order valence-corrected chi connectivity index (χ0v) is 12.5. The number of hydrogen-bond acceptors (Lipinski definition) is 2. The van der Waals surface area contributed by atoms with E-state index in [0.717, 1.165) is 6.42 Å². The van der Waals surface area contributed by atoms with E-state index in [2.05, 4.69) is 5.32 Å². The van der Waals surface area contributed by atoms with Crippen molar-refractivity contribution in [1.29, 1.82) is 0 Å². The summed E-state index contributed by atoms with van der Waals surface area (Å²) in [6.45, 7) is 4.12. The maximum Gasteiger partial charge on any atom is 0.235 e. The van der Waals surface area contributed by atoms with Gasteiger partial charge in [0.05, 0.1) is 5.75 Å². The molecule has 6 heteroatoms. The van der Waals surface area contributed by atoms with Gasteiger partial charge in [-0.15, -0.1) is 0 Å². The number of amides is 1. The Bertz CT molecular complexity index is 482. The van der Waals surface area contributed by atoms with Gasteiger partial charge in [-0.1, -0.05) is 24.6 Å². The molecule has 0 aliphatic carbocycles. The quantitative estimate of drug-likeness (QED) is 0.878. The number of halogens is 2. The molecule has 2 atom stereocenters. The van der Waals surface area contributed by atoms with E-state index in [1.807, 2.05) is 6.92 Å². The van der Waals surface area contributed by atoms with Crippen LogP contribution in [0.3, 0.4) is 0 Å². The summed E-state index contributed by atoms with van der Waals surface area (Å²) >= 11 is 5.87. The predicted octanol–water partition coefficient (Wildman–Crippen LogP) is 2.64. The molecule has 0 saturated heterocycles. The van der Waals surface area contributed by atoms with Crippen molar-refractivity contribution in [2.75, 3.05) is 6.54 Å². The van der Waals surface area contributed by atoms with Crippen LogP contribution in [0.1, 0.15) is 25.8 Å². The van der Waals surface area contributed by atoms with Crippen molar-refractivity contribution >= 4 is 28.3 Å². The van der Waals surface area contributed by atoms with Crippen molar-refractivity contribution in [3.63, 3.8) is 0 Å². The fraction of sp³-hybridized carbons (Fsp3) is 0.462. The minimum Gasteiger partial charge on any atom is -0.355 e. The maximum atomic E-state index is 12.9. The number of benzene rings is 1. The highest BCUT2D eigenvalue weighted by atomic mass is 35.5. The average Bonchev–Trinajstić information content (AvgIpc) is 2.38. The lowest BCUT2D eigenvalue weighted by molar-refractivity contribution is -0.120. The van der Waals surface area contributed by atoms with E-state index in [0.29, 0.717) is 12.1 Å². The van der Waals surface area contributed by atoms with Gasteiger partial charge in [-0.05, 0) is 31.0 Å². The number of rotatable bonds is 6. The highest BCUT2D eigenvalue weighted by Crippen LogP contribution is 2.19. The first-order valence-corrected chi connectivity index (χ1v) is 7.80. The second-order valence-corrected chi connectivity index (χ2v) is 6.36. The molecular weight excluding hydrogens is 289 g/mol. The Balaban J connectivity index is 2.66. The van der Waals surface area contributed by atoms with Crippen LogP contribution in [0.2, 0.25) is 5.02 Å². The molecule has 0 aromatic heterocycles. The third kappa shape index (κ3) is 4.91. The summed E-state index contributed by atoms with van der Waals surface area (Å²) in [7, 11) is -1.39. The summed E-state index contributed by atoms with van der Waals surface area (Å²) < 4.78 is 24.9. The molecule has 0 radical (unpaired) electrons. The van der Waals surface area contributed by atoms with Crippen molar-refractivity contribution in [3.05, 3.63) is 34.6 Å². The largest absolute Gasteiger partial charge is 0.355 e. The minimum atomic E-state index is -1.39. The van der Waals surface area contributed by atoms with E-state index in [1.54, 1.807) is 6.92 Å². The smallest absolute Gasteiger partial charge is 0.235 e. The molecule has 0 aliphatic heterocycles. The van der Waals surface area contributed by atoms with Crippen LogP contribution in [-0.2, 0) is 21.3 Å². The first-order chi connectivity index (χ1) is 8.95. The van der Waals surface area contributed by atoms with Crippen LogP contribution in [0.4, 0.5) is 4.39 Å². The Hall–Kier alpha value is -0.940. The van der Waals surface area contributed by atoms with Gasteiger partial charge in [-0.2, -0.15) is 0 Å². The number of hydrogen-bond donors (Lipinski definition) is 1. The monoisotopic (exact) mass is 305 g/mol. The van der Waals surface area contributed by atoms with E-state index >= 15 is 0 Å². The van der Waals surface area contributed by atoms with Crippen LogP contribution in [0.25, 0.3) is 0 Å². The number of nitrogens with one attached hydrogen (secondary N) is 1. The Morgan fingerprint density at radius 3 is 2.79 bits per heavy atom. The fourth-order valence-corrected chi connectivity index (χ4v) is 2.87. The summed E-state index contributed by atoms with van der Waals surface area (Å²) in [5.41, 5.74) is 0.580. The molecular formula is C13H17ClFNO2S. The molecule has 1 aromatic carbocycles. The molecule has 106 valence electrons. The van der Waals surface area contributed by atoms with E-state index in [1.165, 1.54) is 18.2 Å². The third-order valence-electron chi connectivity index (χ3n) is 2.63. The number of carbonyl (C=O) groups is 1. The molecule has 0 spiro atoms. The van der Waals surface area contributed by atoms with Gasteiger partial charge in [0.1, 0.15) is 11.1 Å². The van der Waals surface area contributed by atoms with Gasteiger partial charge >= 0.3 is 0 Å². The van der Waals surface area contributed by atoms with E-state index in [9.17, 15) is 13.4 Å². The fourth-order valence-electron chi connectivity index (χ4n) is 1.43. The SMILES string of the molecule is CCCNC(=O)[C@H](C)[S@@](=O)Cc1ccc(F)cc1Cl. The van der Waals surface area contributed by atoms with Crippen molar-refractivity contribution < 1.29 is 13.4 Å². The van der Waals surface area contributed by atoms with Crippen molar-refractivity contribution in [2.24, 2.45) is 0 Å². The lowest BCUT2D eigenvalue weighted by Gasteiger charge is -2.12. The maximum absolute atomic E-state index is 12.9. The van der Waals surface area contributed by atoms with Crippen LogP contribution in [-0.4, -0.2) is 21.9 Å². The van der Waals surface area contributed by atoms with Crippen molar-refractivity contribution in [1.82, 2.24) is 5.32 Å². The van der Waals surface area contributed by atoms with Gasteiger partial charge in [0.25, 0.3) is 0 Å².